The van der Waals surface area contributed by atoms with Crippen LogP contribution in [0.1, 0.15) is 99.1 Å². The highest BCUT2D eigenvalue weighted by Crippen LogP contribution is 2.48. The van der Waals surface area contributed by atoms with Gasteiger partial charge in [-0.25, -0.2) is 19.6 Å². The highest BCUT2D eigenvalue weighted by molar-refractivity contribution is 5.93. The van der Waals surface area contributed by atoms with Crippen LogP contribution in [0.4, 0.5) is 9.59 Å². The number of nitrogens with one attached hydrogen (secondary N) is 4. The Bertz CT molecular complexity index is 2650. The van der Waals surface area contributed by atoms with Gasteiger partial charge in [-0.2, -0.15) is 0 Å². The highest BCUT2D eigenvalue weighted by Gasteiger charge is 2.42. The van der Waals surface area contributed by atoms with Gasteiger partial charge in [0, 0.05) is 67.7 Å². The van der Waals surface area contributed by atoms with Crippen LogP contribution in [0.25, 0.3) is 33.3 Å². The van der Waals surface area contributed by atoms with Gasteiger partial charge >= 0.3 is 12.2 Å². The van der Waals surface area contributed by atoms with Gasteiger partial charge in [-0.1, -0.05) is 37.3 Å². The van der Waals surface area contributed by atoms with Gasteiger partial charge in [-0.3, -0.25) is 9.59 Å². The van der Waals surface area contributed by atoms with Crippen molar-refractivity contribution >= 4 is 34.8 Å². The van der Waals surface area contributed by atoms with Gasteiger partial charge in [-0.05, 0) is 92.2 Å². The smallest absolute Gasteiger partial charge is 0.407 e. The molecule has 4 N–H and O–H groups in total. The first-order valence-electron chi connectivity index (χ1n) is 23.6. The molecule has 5 aliphatic rings. The van der Waals surface area contributed by atoms with Crippen molar-refractivity contribution in [3.05, 3.63) is 83.7 Å². The van der Waals surface area contributed by atoms with Crippen molar-refractivity contribution in [1.29, 1.82) is 0 Å². The van der Waals surface area contributed by atoms with Gasteiger partial charge in [0.1, 0.15) is 35.2 Å². The van der Waals surface area contributed by atoms with Gasteiger partial charge < -0.3 is 54.1 Å². The summed E-state index contributed by atoms with van der Waals surface area (Å²) in [4.78, 5) is 73.2. The minimum Gasteiger partial charge on any atom is -0.457 e. The van der Waals surface area contributed by atoms with E-state index < -0.39 is 24.3 Å². The summed E-state index contributed by atoms with van der Waals surface area (Å²) < 4.78 is 27.5. The number of hydrogen-bond donors (Lipinski definition) is 4. The number of carbonyl (C=O) groups is 4. The van der Waals surface area contributed by atoms with Gasteiger partial charge in [0.25, 0.3) is 0 Å². The van der Waals surface area contributed by atoms with Gasteiger partial charge in [0.05, 0.1) is 50.1 Å². The van der Waals surface area contributed by atoms with Crippen LogP contribution in [0.5, 0.6) is 11.5 Å². The highest BCUT2D eigenvalue weighted by atomic mass is 16.5. The van der Waals surface area contributed by atoms with Crippen molar-refractivity contribution in [2.75, 3.05) is 53.7 Å². The normalized spacial score (nSPS) is 21.8. The molecule has 4 saturated heterocycles. The number of H-pyrrole nitrogens is 2. The van der Waals surface area contributed by atoms with E-state index >= 15 is 0 Å². The third-order valence-corrected chi connectivity index (χ3v) is 14.6. The molecule has 5 atom stereocenters. The lowest BCUT2D eigenvalue weighted by Crippen LogP contribution is -2.53. The van der Waals surface area contributed by atoms with Crippen LogP contribution in [-0.4, -0.2) is 120 Å². The number of alkyl carbamates (subject to hydrolysis) is 2. The van der Waals surface area contributed by atoms with E-state index in [0.717, 1.165) is 87.4 Å². The number of fused-ring (bicyclic) bond motifs is 4. The largest absolute Gasteiger partial charge is 0.457 e. The van der Waals surface area contributed by atoms with Crippen molar-refractivity contribution < 1.29 is 42.9 Å². The number of imidazole rings is 2. The zero-order chi connectivity index (χ0) is 46.2. The van der Waals surface area contributed by atoms with Crippen molar-refractivity contribution in [2.24, 2.45) is 11.8 Å². The SMILES string of the molecule is COC(=O)NC(C(=O)N1CCC[C@H]1c1ncc(-c2ccc3c(c2)Oc2ccc4cc(-c5cnc([C@@H]6CCCN6C(=O)C(NC(=O)OC)C6CCOCC6)[nH]5)ccc4c2C3C)[nH]1)C1CCOCC1. The quantitative estimate of drug-likeness (QED) is 0.108. The summed E-state index contributed by atoms with van der Waals surface area (Å²) in [5, 5.41) is 7.82. The van der Waals surface area contributed by atoms with Crippen LogP contribution in [0.2, 0.25) is 0 Å². The van der Waals surface area contributed by atoms with Crippen molar-refractivity contribution in [3.8, 4) is 34.0 Å². The second-order valence-corrected chi connectivity index (χ2v) is 18.4. The molecule has 2 aromatic heterocycles. The summed E-state index contributed by atoms with van der Waals surface area (Å²) in [7, 11) is 2.62. The average Bonchev–Trinajstić information content (AvgIpc) is 4.22. The monoisotopic (exact) mass is 914 g/mol. The Hall–Kier alpha value is -6.46. The fourth-order valence-electron chi connectivity index (χ4n) is 11.0. The first-order chi connectivity index (χ1) is 32.7. The van der Waals surface area contributed by atoms with E-state index in [1.807, 2.05) is 34.3 Å². The van der Waals surface area contributed by atoms with E-state index in [4.69, 9.17) is 33.7 Å². The first-order valence-corrected chi connectivity index (χ1v) is 23.6. The maximum Gasteiger partial charge on any atom is 0.407 e. The molecule has 4 fully saturated rings. The molecule has 67 heavy (non-hydrogen) atoms. The van der Waals surface area contributed by atoms with Crippen LogP contribution in [0.15, 0.2) is 60.9 Å². The third-order valence-electron chi connectivity index (χ3n) is 14.6. The molecule has 17 heteroatoms. The van der Waals surface area contributed by atoms with Gasteiger partial charge in [0.2, 0.25) is 11.8 Å². The van der Waals surface area contributed by atoms with Crippen molar-refractivity contribution in [3.63, 3.8) is 0 Å². The second kappa shape index (κ2) is 19.0. The summed E-state index contributed by atoms with van der Waals surface area (Å²) in [6.45, 7) is 5.57. The molecule has 5 aliphatic heterocycles. The van der Waals surface area contributed by atoms with E-state index in [-0.39, 0.29) is 41.7 Å². The Kier molecular flexibility index (Phi) is 12.6. The summed E-state index contributed by atoms with van der Waals surface area (Å²) >= 11 is 0. The van der Waals surface area contributed by atoms with Crippen molar-refractivity contribution in [1.82, 2.24) is 40.4 Å². The van der Waals surface area contributed by atoms with E-state index in [2.05, 4.69) is 63.9 Å². The molecule has 17 nitrogen and oxygen atoms in total. The number of ether oxygens (including phenoxy) is 5. The maximum atomic E-state index is 14.1. The Labute approximate surface area is 388 Å². The third kappa shape index (κ3) is 8.70. The number of aromatic nitrogens is 4. The molecule has 352 valence electrons. The fraction of sp³-hybridized carbons (Fsp3) is 0.480. The Balaban J connectivity index is 0.842. The number of hydrogen-bond acceptors (Lipinski definition) is 11. The Morgan fingerprint density at radius 2 is 1.19 bits per heavy atom. The van der Waals surface area contributed by atoms with Crippen LogP contribution in [-0.2, 0) is 28.5 Å². The van der Waals surface area contributed by atoms with E-state index in [1.165, 1.54) is 14.2 Å². The molecule has 0 aliphatic carbocycles. The summed E-state index contributed by atoms with van der Waals surface area (Å²) in [5.74, 6) is 2.73. The van der Waals surface area contributed by atoms with Crippen molar-refractivity contribution in [2.45, 2.75) is 88.4 Å². The van der Waals surface area contributed by atoms with Crippen LogP contribution in [0.3, 0.4) is 0 Å². The molecular weight excluding hydrogens is 857 g/mol. The average molecular weight is 915 g/mol. The fourth-order valence-corrected chi connectivity index (χ4v) is 11.0. The number of rotatable bonds is 10. The number of benzene rings is 3. The zero-order valence-electron chi connectivity index (χ0n) is 38.2. The molecule has 3 unspecified atom stereocenters. The molecule has 0 spiro atoms. The number of aromatic amines is 2. The molecule has 4 amide bonds. The Morgan fingerprint density at radius 3 is 1.73 bits per heavy atom. The zero-order valence-corrected chi connectivity index (χ0v) is 38.2. The molecule has 0 bridgehead atoms. The summed E-state index contributed by atoms with van der Waals surface area (Å²) in [6, 6.07) is 14.9. The molecule has 3 aromatic carbocycles. The first kappa shape index (κ1) is 44.4. The molecule has 0 radical (unpaired) electrons. The number of amides is 4. The Morgan fingerprint density at radius 1 is 0.672 bits per heavy atom. The van der Waals surface area contributed by atoms with Crippen LogP contribution >= 0.6 is 0 Å². The summed E-state index contributed by atoms with van der Waals surface area (Å²) in [6.07, 6.45) is 8.34. The minimum absolute atomic E-state index is 0.0384. The standard InChI is InChI=1S/C50H58N8O9/c1-28-34-11-8-33(37-27-52-46(54-37)39-7-5-19-58(39)48(60)44(56-50(62)64-3)30-16-22-66-23-17-30)25-41(34)67-40-13-10-31-24-32(9-12-35(31)42(28)40)36-26-51-45(53-36)38-6-4-18-57(38)47(59)43(55-49(61)63-2)29-14-20-65-21-15-29/h8-13,24-30,38-39,43-44H,4-7,14-23H2,1-3H3,(H,51,53)(H,52,54)(H,55,61)(H,56,62)/t28?,38-,39-,43?,44?/m0/s1. The molecule has 0 saturated carbocycles. The van der Waals surface area contributed by atoms with E-state index in [9.17, 15) is 19.2 Å². The van der Waals surface area contributed by atoms with Gasteiger partial charge in [0.15, 0.2) is 0 Å². The lowest BCUT2D eigenvalue weighted by atomic mass is 9.85. The number of nitrogens with zero attached hydrogens (tertiary/aromatic N) is 4. The topological polar surface area (TPSA) is 202 Å². The maximum absolute atomic E-state index is 14.1. The second-order valence-electron chi connectivity index (χ2n) is 18.4. The predicted molar refractivity (Wildman–Crippen MR) is 246 cm³/mol. The van der Waals surface area contributed by atoms with E-state index in [1.54, 1.807) is 0 Å². The minimum atomic E-state index is -0.701. The molecule has 5 aromatic rings. The number of likely N-dealkylation sites (tertiary alicyclic amines) is 2. The molecule has 7 heterocycles. The number of carbonyl (C=O) groups excluding carboxylic acids is 4. The van der Waals surface area contributed by atoms with E-state index in [0.29, 0.717) is 71.0 Å². The van der Waals surface area contributed by atoms with Crippen LogP contribution < -0.4 is 15.4 Å². The lowest BCUT2D eigenvalue weighted by molar-refractivity contribution is -0.137. The van der Waals surface area contributed by atoms with Crippen LogP contribution in [0, 0.1) is 11.8 Å². The van der Waals surface area contributed by atoms with Gasteiger partial charge in [-0.15, -0.1) is 0 Å². The lowest BCUT2D eigenvalue weighted by Gasteiger charge is -2.34. The predicted octanol–water partition coefficient (Wildman–Crippen LogP) is 7.51. The summed E-state index contributed by atoms with van der Waals surface area (Å²) in [5.41, 5.74) is 5.77. The molecular formula is C50H58N8O9. The number of methoxy groups -OCH3 is 2. The molecule has 10 rings (SSSR count).